The first-order valence-electron chi connectivity index (χ1n) is 20.2. The SMILES string of the molecule is CC(F)(F)c1nc(N2CC3(CCCCC3)c3cc(OC4CCC5(CC4)CN(CC(F)(F)F)C5)ccc32)ncc1C(=O)NC1(C(=O)O)C2CC3CC(C2)CC1C3. The highest BCUT2D eigenvalue weighted by molar-refractivity contribution is 5.99. The van der Waals surface area contributed by atoms with Gasteiger partial charge in [-0.3, -0.25) is 9.69 Å². The number of alkyl halides is 5. The van der Waals surface area contributed by atoms with Crippen molar-refractivity contribution < 1.29 is 41.4 Å². The van der Waals surface area contributed by atoms with E-state index in [1.165, 1.54) is 4.90 Å². The molecule has 0 unspecified atom stereocenters. The number of nitrogens with one attached hydrogen (secondary N) is 1. The Morgan fingerprint density at radius 2 is 1.58 bits per heavy atom. The molecule has 0 atom stereocenters. The van der Waals surface area contributed by atoms with Crippen molar-refractivity contribution >= 4 is 23.5 Å². The first-order chi connectivity index (χ1) is 26.0. The number of halogens is 5. The first-order valence-corrected chi connectivity index (χ1v) is 20.2. The monoisotopic (exact) mass is 771 g/mol. The summed E-state index contributed by atoms with van der Waals surface area (Å²) in [6.45, 7) is 1.28. The normalized spacial score (nSPS) is 31.1. The van der Waals surface area contributed by atoms with Gasteiger partial charge in [0.2, 0.25) is 5.95 Å². The second-order valence-corrected chi connectivity index (χ2v) is 18.4. The molecule has 9 nitrogen and oxygen atoms in total. The summed E-state index contributed by atoms with van der Waals surface area (Å²) in [7, 11) is 0. The quantitative estimate of drug-likeness (QED) is 0.259. The van der Waals surface area contributed by atoms with Gasteiger partial charge in [0.25, 0.3) is 11.8 Å². The van der Waals surface area contributed by atoms with Crippen molar-refractivity contribution in [2.24, 2.45) is 29.1 Å². The molecule has 6 aliphatic carbocycles. The molecule has 298 valence electrons. The smallest absolute Gasteiger partial charge is 0.401 e. The molecule has 0 radical (unpaired) electrons. The number of anilines is 2. The zero-order chi connectivity index (χ0) is 38.5. The zero-order valence-electron chi connectivity index (χ0n) is 31.3. The van der Waals surface area contributed by atoms with Gasteiger partial charge in [-0.1, -0.05) is 19.3 Å². The van der Waals surface area contributed by atoms with Crippen molar-refractivity contribution in [1.29, 1.82) is 0 Å². The molecule has 10 rings (SSSR count). The van der Waals surface area contributed by atoms with Gasteiger partial charge in [0.05, 0.1) is 18.2 Å². The summed E-state index contributed by atoms with van der Waals surface area (Å²) >= 11 is 0. The van der Waals surface area contributed by atoms with Gasteiger partial charge in [-0.15, -0.1) is 0 Å². The van der Waals surface area contributed by atoms with Crippen molar-refractivity contribution in [3.05, 3.63) is 41.2 Å². The fourth-order valence-corrected chi connectivity index (χ4v) is 12.4. The highest BCUT2D eigenvalue weighted by Gasteiger charge is 2.62. The molecule has 2 aliphatic heterocycles. The van der Waals surface area contributed by atoms with Gasteiger partial charge >= 0.3 is 12.1 Å². The van der Waals surface area contributed by atoms with Crippen molar-refractivity contribution in [1.82, 2.24) is 20.2 Å². The molecule has 1 saturated heterocycles. The van der Waals surface area contributed by atoms with E-state index in [0.29, 0.717) is 69.8 Å². The van der Waals surface area contributed by atoms with Crippen LogP contribution >= 0.6 is 0 Å². The largest absolute Gasteiger partial charge is 0.490 e. The Morgan fingerprint density at radius 1 is 0.927 bits per heavy atom. The van der Waals surface area contributed by atoms with Crippen LogP contribution in [0.1, 0.15) is 118 Å². The number of hydrogen-bond donors (Lipinski definition) is 2. The molecule has 6 saturated carbocycles. The highest BCUT2D eigenvalue weighted by Crippen LogP contribution is 2.59. The molecule has 14 heteroatoms. The summed E-state index contributed by atoms with van der Waals surface area (Å²) in [5, 5.41) is 13.4. The van der Waals surface area contributed by atoms with Crippen LogP contribution in [-0.2, 0) is 16.1 Å². The van der Waals surface area contributed by atoms with Crippen molar-refractivity contribution in [3.63, 3.8) is 0 Å². The van der Waals surface area contributed by atoms with Crippen LogP contribution in [0.5, 0.6) is 5.75 Å². The number of fused-ring (bicyclic) bond motifs is 2. The number of carbonyl (C=O) groups is 2. The summed E-state index contributed by atoms with van der Waals surface area (Å²) in [6.07, 6.45) is 8.97. The summed E-state index contributed by atoms with van der Waals surface area (Å²) in [5.74, 6) is -4.32. The predicted octanol–water partition coefficient (Wildman–Crippen LogP) is 8.14. The van der Waals surface area contributed by atoms with Crippen LogP contribution in [0.25, 0.3) is 0 Å². The number of carboxylic acids is 1. The van der Waals surface area contributed by atoms with Gasteiger partial charge in [0.1, 0.15) is 17.0 Å². The standard InChI is InChI=1S/C41H50F5N5O4/c1-37(42,43)33-30(34(52)49-41(35(53)54)26-14-24-13-25(16-26)17-27(41)15-24)19-47-36(48-33)51-22-39(9-3-2-4-10-39)31-18-29(5-6-32(31)51)55-28-7-11-38(12-8-28)20-50(21-38)23-40(44,45)46/h5-6,18-19,24-28H,2-4,7-17,20-23H2,1H3,(H,49,52)(H,53,54). The van der Waals surface area contributed by atoms with Gasteiger partial charge in [0.15, 0.2) is 0 Å². The number of likely N-dealkylation sites (tertiary alicyclic amines) is 1. The molecule has 1 aromatic carbocycles. The van der Waals surface area contributed by atoms with E-state index >= 15 is 8.78 Å². The van der Waals surface area contributed by atoms with E-state index in [-0.39, 0.29) is 34.7 Å². The lowest BCUT2D eigenvalue weighted by Gasteiger charge is -2.59. The summed E-state index contributed by atoms with van der Waals surface area (Å²) in [5.41, 5.74) is -1.11. The number of ether oxygens (including phenoxy) is 1. The first kappa shape index (κ1) is 37.1. The topological polar surface area (TPSA) is 108 Å². The number of carboxylic acid groups (broad SMARTS) is 1. The Morgan fingerprint density at radius 3 is 2.18 bits per heavy atom. The minimum absolute atomic E-state index is 0.0457. The van der Waals surface area contributed by atoms with E-state index in [1.807, 2.05) is 17.0 Å². The summed E-state index contributed by atoms with van der Waals surface area (Å²) < 4.78 is 76.1. The third-order valence-corrected chi connectivity index (χ3v) is 14.7. The third-order valence-electron chi connectivity index (χ3n) is 14.7. The average molecular weight is 772 g/mol. The molecule has 1 aromatic heterocycles. The molecular weight excluding hydrogens is 721 g/mol. The van der Waals surface area contributed by atoms with E-state index in [0.717, 1.165) is 81.7 Å². The summed E-state index contributed by atoms with van der Waals surface area (Å²) in [4.78, 5) is 39.2. The number of carbonyl (C=O) groups excluding carboxylic acids is 1. The second kappa shape index (κ2) is 13.0. The number of aromatic nitrogens is 2. The molecule has 4 bridgehead atoms. The zero-order valence-corrected chi connectivity index (χ0v) is 31.3. The number of nitrogens with zero attached hydrogens (tertiary/aromatic N) is 4. The maximum absolute atomic E-state index is 15.5. The number of amides is 1. The van der Waals surface area contributed by atoms with Crippen molar-refractivity contribution in [3.8, 4) is 5.75 Å². The van der Waals surface area contributed by atoms with Crippen LogP contribution in [0.3, 0.4) is 0 Å². The Balaban J connectivity index is 0.956. The van der Waals surface area contributed by atoms with Gasteiger partial charge < -0.3 is 20.1 Å². The van der Waals surface area contributed by atoms with Gasteiger partial charge in [-0.2, -0.15) is 22.0 Å². The molecule has 1 amide bonds. The van der Waals surface area contributed by atoms with E-state index in [1.54, 1.807) is 0 Å². The predicted molar refractivity (Wildman–Crippen MR) is 193 cm³/mol. The second-order valence-electron chi connectivity index (χ2n) is 18.4. The van der Waals surface area contributed by atoms with Gasteiger partial charge in [0, 0.05) is 43.9 Å². The third kappa shape index (κ3) is 6.45. The Labute approximate surface area is 317 Å². The van der Waals surface area contributed by atoms with E-state index in [9.17, 15) is 27.9 Å². The minimum atomic E-state index is -4.18. The molecular formula is C41H50F5N5O4. The Hall–Kier alpha value is -3.55. The van der Waals surface area contributed by atoms with Gasteiger partial charge in [-0.25, -0.2) is 14.8 Å². The number of benzene rings is 1. The highest BCUT2D eigenvalue weighted by atomic mass is 19.4. The Bertz CT molecular complexity index is 1810. The number of rotatable bonds is 8. The molecule has 2 aromatic rings. The van der Waals surface area contributed by atoms with E-state index < -0.39 is 47.3 Å². The fraction of sp³-hybridized carbons (Fsp3) is 0.707. The maximum Gasteiger partial charge on any atom is 0.401 e. The Kier molecular flexibility index (Phi) is 8.75. The number of hydrogen-bond acceptors (Lipinski definition) is 7. The molecule has 2 N–H and O–H groups in total. The van der Waals surface area contributed by atoms with Crippen LogP contribution in [0.15, 0.2) is 24.4 Å². The van der Waals surface area contributed by atoms with Gasteiger partial charge in [-0.05, 0) is 123 Å². The van der Waals surface area contributed by atoms with E-state index in [4.69, 9.17) is 4.74 Å². The van der Waals surface area contributed by atoms with Crippen molar-refractivity contribution in [2.45, 2.75) is 126 Å². The van der Waals surface area contributed by atoms with Crippen LogP contribution < -0.4 is 15.0 Å². The van der Waals surface area contributed by atoms with Crippen LogP contribution in [0.2, 0.25) is 0 Å². The van der Waals surface area contributed by atoms with Crippen molar-refractivity contribution in [2.75, 3.05) is 31.1 Å². The van der Waals surface area contributed by atoms with E-state index in [2.05, 4.69) is 21.4 Å². The molecule has 2 spiro atoms. The van der Waals surface area contributed by atoms with Crippen LogP contribution in [0.4, 0.5) is 33.6 Å². The lowest BCUT2D eigenvalue weighted by Crippen LogP contribution is -2.70. The number of aliphatic carboxylic acids is 1. The fourth-order valence-electron chi connectivity index (χ4n) is 12.4. The lowest BCUT2D eigenvalue weighted by atomic mass is 9.48. The molecule has 7 fully saturated rings. The molecule has 8 aliphatic rings. The maximum atomic E-state index is 15.5. The molecule has 3 heterocycles. The lowest BCUT2D eigenvalue weighted by molar-refractivity contribution is -0.174. The molecule has 55 heavy (non-hydrogen) atoms. The van der Waals surface area contributed by atoms with Crippen LogP contribution in [0, 0.1) is 29.1 Å². The van der Waals surface area contributed by atoms with Crippen LogP contribution in [-0.4, -0.2) is 75.8 Å². The summed E-state index contributed by atoms with van der Waals surface area (Å²) in [6, 6.07) is 5.86. The average Bonchev–Trinajstić information content (AvgIpc) is 3.41. The minimum Gasteiger partial charge on any atom is -0.490 e.